The standard InChI is InChI=1S/C23H31N5O4/c1-16(2)24-23(30)19-14-27(26-25-19)12-10-18-5-3-4-11-28(18)22(29)9-7-17-6-8-20-21(13-17)32-15-31-20/h6,8,13-14,16,18H,3-5,7,9-12,15H2,1-2H3,(H,24,30)/t18-/m0/s1. The van der Waals surface area contributed by atoms with Gasteiger partial charge in [0.1, 0.15) is 0 Å². The van der Waals surface area contributed by atoms with E-state index in [1.807, 2.05) is 36.9 Å². The van der Waals surface area contributed by atoms with Gasteiger partial charge in [0.15, 0.2) is 17.2 Å². The monoisotopic (exact) mass is 441 g/mol. The lowest BCUT2D eigenvalue weighted by atomic mass is 9.98. The summed E-state index contributed by atoms with van der Waals surface area (Å²) in [5.41, 5.74) is 1.39. The fourth-order valence-corrected chi connectivity index (χ4v) is 4.25. The first kappa shape index (κ1) is 22.1. The predicted molar refractivity (Wildman–Crippen MR) is 117 cm³/mol. The van der Waals surface area contributed by atoms with Crippen LogP contribution in [0.2, 0.25) is 0 Å². The van der Waals surface area contributed by atoms with Crippen LogP contribution in [0, 0.1) is 0 Å². The number of piperidine rings is 1. The molecule has 32 heavy (non-hydrogen) atoms. The van der Waals surface area contributed by atoms with Gasteiger partial charge < -0.3 is 19.7 Å². The van der Waals surface area contributed by atoms with E-state index < -0.39 is 0 Å². The quantitative estimate of drug-likeness (QED) is 0.676. The molecular weight excluding hydrogens is 410 g/mol. The second-order valence-electron chi connectivity index (χ2n) is 8.71. The minimum absolute atomic E-state index is 0.0483. The lowest BCUT2D eigenvalue weighted by molar-refractivity contribution is -0.135. The average molecular weight is 442 g/mol. The van der Waals surface area contributed by atoms with Gasteiger partial charge in [-0.1, -0.05) is 11.3 Å². The molecule has 9 nitrogen and oxygen atoms in total. The number of amides is 2. The first-order valence-electron chi connectivity index (χ1n) is 11.4. The van der Waals surface area contributed by atoms with Gasteiger partial charge in [-0.3, -0.25) is 14.3 Å². The largest absolute Gasteiger partial charge is 0.454 e. The summed E-state index contributed by atoms with van der Waals surface area (Å²) >= 11 is 0. The Morgan fingerprint density at radius 1 is 1.22 bits per heavy atom. The molecule has 0 unspecified atom stereocenters. The highest BCUT2D eigenvalue weighted by molar-refractivity contribution is 5.91. The van der Waals surface area contributed by atoms with Crippen molar-refractivity contribution in [2.45, 2.75) is 71.0 Å². The van der Waals surface area contributed by atoms with Crippen molar-refractivity contribution in [3.8, 4) is 11.5 Å². The van der Waals surface area contributed by atoms with Crippen molar-refractivity contribution in [3.05, 3.63) is 35.7 Å². The summed E-state index contributed by atoms with van der Waals surface area (Å²) in [4.78, 5) is 27.1. The normalized spacial score (nSPS) is 17.6. The SMILES string of the molecule is CC(C)NC(=O)c1cn(CC[C@@H]2CCCCN2C(=O)CCc2ccc3c(c2)OCO3)nn1. The number of aryl methyl sites for hydroxylation is 2. The Hall–Kier alpha value is -3.10. The lowest BCUT2D eigenvalue weighted by Gasteiger charge is -2.36. The number of likely N-dealkylation sites (tertiary alicyclic amines) is 1. The van der Waals surface area contributed by atoms with Crippen molar-refractivity contribution in [1.82, 2.24) is 25.2 Å². The molecule has 1 aromatic carbocycles. The van der Waals surface area contributed by atoms with Crippen LogP contribution in [0.3, 0.4) is 0 Å². The number of benzene rings is 1. The van der Waals surface area contributed by atoms with Crippen LogP contribution in [-0.4, -0.2) is 57.1 Å². The maximum atomic E-state index is 13.0. The van der Waals surface area contributed by atoms with Crippen molar-refractivity contribution >= 4 is 11.8 Å². The number of carbonyl (C=O) groups excluding carboxylic acids is 2. The number of aromatic nitrogens is 3. The van der Waals surface area contributed by atoms with E-state index in [0.717, 1.165) is 49.3 Å². The molecule has 172 valence electrons. The summed E-state index contributed by atoms with van der Waals surface area (Å²) < 4.78 is 12.5. The van der Waals surface area contributed by atoms with Crippen LogP contribution >= 0.6 is 0 Å². The maximum absolute atomic E-state index is 13.0. The van der Waals surface area contributed by atoms with E-state index in [4.69, 9.17) is 9.47 Å². The molecule has 1 atom stereocenters. The zero-order chi connectivity index (χ0) is 22.5. The Kier molecular flexibility index (Phi) is 6.92. The van der Waals surface area contributed by atoms with Crippen LogP contribution in [0.15, 0.2) is 24.4 Å². The Labute approximate surface area is 188 Å². The Bertz CT molecular complexity index is 958. The number of carbonyl (C=O) groups is 2. The van der Waals surface area contributed by atoms with E-state index in [2.05, 4.69) is 15.6 Å². The number of rotatable bonds is 8. The Balaban J connectivity index is 1.30. The highest BCUT2D eigenvalue weighted by Crippen LogP contribution is 2.33. The molecule has 4 rings (SSSR count). The third-order valence-electron chi connectivity index (χ3n) is 5.89. The van der Waals surface area contributed by atoms with Gasteiger partial charge in [0.05, 0.1) is 6.20 Å². The Morgan fingerprint density at radius 3 is 2.91 bits per heavy atom. The van der Waals surface area contributed by atoms with Gasteiger partial charge in [-0.15, -0.1) is 5.10 Å². The molecule has 0 radical (unpaired) electrons. The predicted octanol–water partition coefficient (Wildman–Crippen LogP) is 2.55. The first-order chi connectivity index (χ1) is 15.5. The molecular formula is C23H31N5O4. The molecule has 2 aliphatic heterocycles. The summed E-state index contributed by atoms with van der Waals surface area (Å²) in [7, 11) is 0. The van der Waals surface area contributed by atoms with E-state index in [1.165, 1.54) is 0 Å². The van der Waals surface area contributed by atoms with Crippen molar-refractivity contribution in [2.75, 3.05) is 13.3 Å². The van der Waals surface area contributed by atoms with Gasteiger partial charge in [-0.05, 0) is 63.6 Å². The summed E-state index contributed by atoms with van der Waals surface area (Å²) in [5.74, 6) is 1.47. The van der Waals surface area contributed by atoms with E-state index >= 15 is 0 Å². The van der Waals surface area contributed by atoms with Crippen LogP contribution in [0.5, 0.6) is 11.5 Å². The number of hydrogen-bond donors (Lipinski definition) is 1. The second-order valence-corrected chi connectivity index (χ2v) is 8.71. The average Bonchev–Trinajstić information content (AvgIpc) is 3.45. The highest BCUT2D eigenvalue weighted by atomic mass is 16.7. The Morgan fingerprint density at radius 2 is 2.06 bits per heavy atom. The number of hydrogen-bond acceptors (Lipinski definition) is 6. The van der Waals surface area contributed by atoms with Gasteiger partial charge in [-0.2, -0.15) is 0 Å². The number of ether oxygens (including phenoxy) is 2. The first-order valence-corrected chi connectivity index (χ1v) is 11.4. The van der Waals surface area contributed by atoms with Crippen LogP contribution < -0.4 is 14.8 Å². The fourth-order valence-electron chi connectivity index (χ4n) is 4.25. The molecule has 3 heterocycles. The van der Waals surface area contributed by atoms with Crippen molar-refractivity contribution in [1.29, 1.82) is 0 Å². The molecule has 1 aromatic heterocycles. The third-order valence-corrected chi connectivity index (χ3v) is 5.89. The fraction of sp³-hybridized carbons (Fsp3) is 0.565. The maximum Gasteiger partial charge on any atom is 0.273 e. The van der Waals surface area contributed by atoms with E-state index in [0.29, 0.717) is 25.1 Å². The number of fused-ring (bicyclic) bond motifs is 1. The van der Waals surface area contributed by atoms with Crippen molar-refractivity contribution in [3.63, 3.8) is 0 Å². The van der Waals surface area contributed by atoms with Gasteiger partial charge in [0, 0.05) is 31.6 Å². The molecule has 1 fully saturated rings. The summed E-state index contributed by atoms with van der Waals surface area (Å²) in [5, 5.41) is 10.9. The molecule has 2 aliphatic rings. The third kappa shape index (κ3) is 5.38. The molecule has 0 spiro atoms. The van der Waals surface area contributed by atoms with E-state index in [-0.39, 0.29) is 30.7 Å². The summed E-state index contributed by atoms with van der Waals surface area (Å²) in [6.07, 6.45) is 6.77. The van der Waals surface area contributed by atoms with Crippen LogP contribution in [0.25, 0.3) is 0 Å². The van der Waals surface area contributed by atoms with Crippen molar-refractivity contribution in [2.24, 2.45) is 0 Å². The molecule has 2 aromatic rings. The summed E-state index contributed by atoms with van der Waals surface area (Å²) in [6, 6.07) is 6.09. The van der Waals surface area contributed by atoms with Gasteiger partial charge in [0.2, 0.25) is 12.7 Å². The molecule has 1 saturated heterocycles. The molecule has 2 amide bonds. The van der Waals surface area contributed by atoms with Crippen LogP contribution in [-0.2, 0) is 17.8 Å². The van der Waals surface area contributed by atoms with Gasteiger partial charge in [-0.25, -0.2) is 0 Å². The van der Waals surface area contributed by atoms with Gasteiger partial charge in [0.25, 0.3) is 5.91 Å². The lowest BCUT2D eigenvalue weighted by Crippen LogP contribution is -2.44. The molecule has 0 bridgehead atoms. The van der Waals surface area contributed by atoms with Gasteiger partial charge >= 0.3 is 0 Å². The van der Waals surface area contributed by atoms with Crippen LogP contribution in [0.4, 0.5) is 0 Å². The topological polar surface area (TPSA) is 98.6 Å². The molecule has 0 aliphatic carbocycles. The summed E-state index contributed by atoms with van der Waals surface area (Å²) in [6.45, 7) is 5.48. The minimum Gasteiger partial charge on any atom is -0.454 e. The second kappa shape index (κ2) is 10.0. The van der Waals surface area contributed by atoms with Crippen LogP contribution in [0.1, 0.15) is 62.0 Å². The smallest absolute Gasteiger partial charge is 0.273 e. The zero-order valence-electron chi connectivity index (χ0n) is 18.7. The van der Waals surface area contributed by atoms with E-state index in [9.17, 15) is 9.59 Å². The highest BCUT2D eigenvalue weighted by Gasteiger charge is 2.26. The zero-order valence-corrected chi connectivity index (χ0v) is 18.7. The molecule has 0 saturated carbocycles. The molecule has 1 N–H and O–H groups in total. The van der Waals surface area contributed by atoms with Crippen molar-refractivity contribution < 1.29 is 19.1 Å². The molecule has 9 heteroatoms. The number of nitrogens with zero attached hydrogens (tertiary/aromatic N) is 4. The van der Waals surface area contributed by atoms with E-state index in [1.54, 1.807) is 10.9 Å². The number of nitrogens with one attached hydrogen (secondary N) is 1. The minimum atomic E-state index is -0.218.